The van der Waals surface area contributed by atoms with Gasteiger partial charge in [0.2, 0.25) is 0 Å². The van der Waals surface area contributed by atoms with E-state index < -0.39 is 17.9 Å². The molecule has 2 N–H and O–H groups in total. The SMILES string of the molecule is COc1ccc2c(C(=O)O)c([C@H](C)C(=O)O)ccc2c1. The minimum absolute atomic E-state index is 0.0278. The van der Waals surface area contributed by atoms with Crippen molar-refractivity contribution in [2.24, 2.45) is 0 Å². The fraction of sp³-hybridized carbons (Fsp3) is 0.200. The third-order valence-corrected chi connectivity index (χ3v) is 3.31. The largest absolute Gasteiger partial charge is 0.497 e. The second-order valence-corrected chi connectivity index (χ2v) is 4.48. The van der Waals surface area contributed by atoms with Crippen LogP contribution in [-0.2, 0) is 4.79 Å². The van der Waals surface area contributed by atoms with Crippen LogP contribution in [0.25, 0.3) is 10.8 Å². The maximum absolute atomic E-state index is 11.5. The Kier molecular flexibility index (Phi) is 3.61. The molecule has 0 aliphatic carbocycles. The first-order valence-electron chi connectivity index (χ1n) is 6.02. The molecule has 0 aromatic heterocycles. The number of methoxy groups -OCH3 is 1. The van der Waals surface area contributed by atoms with Crippen molar-refractivity contribution in [1.29, 1.82) is 0 Å². The number of aromatic carboxylic acids is 1. The normalized spacial score (nSPS) is 12.1. The van der Waals surface area contributed by atoms with Crippen LogP contribution < -0.4 is 4.74 Å². The molecule has 0 unspecified atom stereocenters. The number of ether oxygens (including phenoxy) is 1. The van der Waals surface area contributed by atoms with E-state index >= 15 is 0 Å². The monoisotopic (exact) mass is 274 g/mol. The molecule has 5 nitrogen and oxygen atoms in total. The summed E-state index contributed by atoms with van der Waals surface area (Å²) in [5.41, 5.74) is 0.322. The second-order valence-electron chi connectivity index (χ2n) is 4.48. The Labute approximate surface area is 115 Å². The third kappa shape index (κ3) is 2.30. The van der Waals surface area contributed by atoms with Crippen LogP contribution in [-0.4, -0.2) is 29.3 Å². The molecule has 1 atom stereocenters. The van der Waals surface area contributed by atoms with Gasteiger partial charge in [-0.25, -0.2) is 4.79 Å². The zero-order chi connectivity index (χ0) is 14.9. The molecule has 0 bridgehead atoms. The van der Waals surface area contributed by atoms with Crippen LogP contribution in [0.2, 0.25) is 0 Å². The number of carboxylic acids is 2. The summed E-state index contributed by atoms with van der Waals surface area (Å²) in [4.78, 5) is 22.6. The minimum atomic E-state index is -1.14. The highest BCUT2D eigenvalue weighted by Gasteiger charge is 2.23. The molecule has 2 rings (SSSR count). The van der Waals surface area contributed by atoms with Crippen molar-refractivity contribution in [3.63, 3.8) is 0 Å². The standard InChI is InChI=1S/C15H14O5/c1-8(14(16)17)11-5-3-9-7-10(20-2)4-6-12(9)13(11)15(18)19/h3-8H,1-2H3,(H,16,17)(H,18,19)/t8-/m0/s1. The maximum atomic E-state index is 11.5. The van der Waals surface area contributed by atoms with E-state index in [0.29, 0.717) is 22.1 Å². The first-order valence-corrected chi connectivity index (χ1v) is 6.02. The van der Waals surface area contributed by atoms with Crippen molar-refractivity contribution in [2.45, 2.75) is 12.8 Å². The van der Waals surface area contributed by atoms with E-state index in [1.807, 2.05) is 0 Å². The molecule has 0 heterocycles. The number of rotatable bonds is 4. The van der Waals surface area contributed by atoms with Crippen LogP contribution in [0.5, 0.6) is 5.75 Å². The van der Waals surface area contributed by atoms with E-state index in [-0.39, 0.29) is 5.56 Å². The van der Waals surface area contributed by atoms with Gasteiger partial charge in [-0.2, -0.15) is 0 Å². The first kappa shape index (κ1) is 13.9. The highest BCUT2D eigenvalue weighted by Crippen LogP contribution is 2.30. The second kappa shape index (κ2) is 5.21. The Morgan fingerprint density at radius 1 is 1.15 bits per heavy atom. The highest BCUT2D eigenvalue weighted by atomic mass is 16.5. The fourth-order valence-corrected chi connectivity index (χ4v) is 2.18. The summed E-state index contributed by atoms with van der Waals surface area (Å²) in [6.07, 6.45) is 0. The zero-order valence-electron chi connectivity index (χ0n) is 11.1. The Morgan fingerprint density at radius 3 is 2.40 bits per heavy atom. The van der Waals surface area contributed by atoms with Crippen molar-refractivity contribution in [3.8, 4) is 5.75 Å². The van der Waals surface area contributed by atoms with Gasteiger partial charge in [0.25, 0.3) is 0 Å². The molecule has 0 radical (unpaired) electrons. The van der Waals surface area contributed by atoms with Crippen LogP contribution in [0.3, 0.4) is 0 Å². The number of benzene rings is 2. The molecule has 0 aliphatic heterocycles. The molecular weight excluding hydrogens is 260 g/mol. The third-order valence-electron chi connectivity index (χ3n) is 3.31. The number of aliphatic carboxylic acids is 1. The van der Waals surface area contributed by atoms with E-state index in [4.69, 9.17) is 9.84 Å². The molecule has 0 saturated carbocycles. The van der Waals surface area contributed by atoms with Crippen molar-refractivity contribution >= 4 is 22.7 Å². The van der Waals surface area contributed by atoms with E-state index in [1.54, 1.807) is 30.3 Å². The number of fused-ring (bicyclic) bond motifs is 1. The Morgan fingerprint density at radius 2 is 1.85 bits per heavy atom. The van der Waals surface area contributed by atoms with Crippen LogP contribution in [0.4, 0.5) is 0 Å². The summed E-state index contributed by atoms with van der Waals surface area (Å²) in [7, 11) is 1.53. The van der Waals surface area contributed by atoms with Gasteiger partial charge in [0.15, 0.2) is 0 Å². The van der Waals surface area contributed by atoms with E-state index in [9.17, 15) is 14.7 Å². The Balaban J connectivity index is 2.76. The van der Waals surface area contributed by atoms with Gasteiger partial charge in [-0.1, -0.05) is 12.1 Å². The molecule has 2 aromatic carbocycles. The van der Waals surface area contributed by atoms with E-state index in [1.165, 1.54) is 14.0 Å². The average Bonchev–Trinajstić information content (AvgIpc) is 2.44. The molecule has 104 valence electrons. The average molecular weight is 274 g/mol. The molecule has 0 spiro atoms. The smallest absolute Gasteiger partial charge is 0.336 e. The quantitative estimate of drug-likeness (QED) is 0.895. The summed E-state index contributed by atoms with van der Waals surface area (Å²) in [6.45, 7) is 1.47. The Hall–Kier alpha value is -2.56. The van der Waals surface area contributed by atoms with E-state index in [2.05, 4.69) is 0 Å². The number of hydrogen-bond acceptors (Lipinski definition) is 3. The molecular formula is C15H14O5. The van der Waals surface area contributed by atoms with Gasteiger partial charge in [-0.15, -0.1) is 0 Å². The summed E-state index contributed by atoms with van der Waals surface area (Å²) >= 11 is 0. The van der Waals surface area contributed by atoms with Gasteiger partial charge < -0.3 is 14.9 Å². The molecule has 0 amide bonds. The van der Waals surface area contributed by atoms with Crippen LogP contribution in [0.15, 0.2) is 30.3 Å². The molecule has 0 saturated heterocycles. The lowest BCUT2D eigenvalue weighted by Crippen LogP contribution is -2.13. The van der Waals surface area contributed by atoms with Crippen LogP contribution in [0.1, 0.15) is 28.8 Å². The number of carbonyl (C=O) groups is 2. The van der Waals surface area contributed by atoms with Gasteiger partial charge >= 0.3 is 11.9 Å². The van der Waals surface area contributed by atoms with Gasteiger partial charge in [0.05, 0.1) is 18.6 Å². The molecule has 20 heavy (non-hydrogen) atoms. The maximum Gasteiger partial charge on any atom is 0.336 e. The summed E-state index contributed by atoms with van der Waals surface area (Å²) in [6, 6.07) is 8.26. The Bertz CT molecular complexity index is 690. The molecule has 0 aliphatic rings. The van der Waals surface area contributed by atoms with Gasteiger partial charge in [0, 0.05) is 0 Å². The van der Waals surface area contributed by atoms with Crippen LogP contribution in [0, 0.1) is 0 Å². The molecule has 5 heteroatoms. The molecule has 0 fully saturated rings. The van der Waals surface area contributed by atoms with Crippen molar-refractivity contribution in [1.82, 2.24) is 0 Å². The van der Waals surface area contributed by atoms with Crippen LogP contribution >= 0.6 is 0 Å². The van der Waals surface area contributed by atoms with Crippen molar-refractivity contribution < 1.29 is 24.5 Å². The lowest BCUT2D eigenvalue weighted by Gasteiger charge is -2.13. The van der Waals surface area contributed by atoms with Crippen molar-refractivity contribution in [2.75, 3.05) is 7.11 Å². The molecule has 2 aromatic rings. The predicted molar refractivity (Wildman–Crippen MR) is 73.5 cm³/mol. The van der Waals surface area contributed by atoms with E-state index in [0.717, 1.165) is 0 Å². The predicted octanol–water partition coefficient (Wildman–Crippen LogP) is 2.73. The summed E-state index contributed by atoms with van der Waals surface area (Å²) < 4.78 is 5.10. The topological polar surface area (TPSA) is 83.8 Å². The summed E-state index contributed by atoms with van der Waals surface area (Å²) in [5, 5.41) is 19.7. The number of carboxylic acid groups (broad SMARTS) is 2. The first-order chi connectivity index (χ1) is 9.45. The zero-order valence-corrected chi connectivity index (χ0v) is 11.1. The number of hydrogen-bond donors (Lipinski definition) is 2. The van der Waals surface area contributed by atoms with Gasteiger partial charge in [-0.3, -0.25) is 4.79 Å². The minimum Gasteiger partial charge on any atom is -0.497 e. The van der Waals surface area contributed by atoms with Gasteiger partial charge in [0.1, 0.15) is 5.75 Å². The van der Waals surface area contributed by atoms with Crippen molar-refractivity contribution in [3.05, 3.63) is 41.5 Å². The summed E-state index contributed by atoms with van der Waals surface area (Å²) in [5.74, 6) is -2.45. The highest BCUT2D eigenvalue weighted by molar-refractivity contribution is 6.06. The lowest BCUT2D eigenvalue weighted by molar-refractivity contribution is -0.138. The fourth-order valence-electron chi connectivity index (χ4n) is 2.18. The lowest BCUT2D eigenvalue weighted by atomic mass is 9.91. The van der Waals surface area contributed by atoms with Gasteiger partial charge in [-0.05, 0) is 41.5 Å².